The van der Waals surface area contributed by atoms with Crippen LogP contribution in [0.1, 0.15) is 30.4 Å². The number of likely N-dealkylation sites (tertiary alicyclic amines) is 1. The van der Waals surface area contributed by atoms with Gasteiger partial charge in [0.2, 0.25) is 11.8 Å². The molecule has 0 spiro atoms. The molecular weight excluding hydrogens is 364 g/mol. The molecule has 150 valence electrons. The first-order valence-corrected chi connectivity index (χ1v) is 10.4. The molecule has 5 rings (SSSR count). The van der Waals surface area contributed by atoms with Crippen molar-refractivity contribution in [1.82, 2.24) is 9.80 Å². The Kier molecular flexibility index (Phi) is 4.24. The van der Waals surface area contributed by atoms with Crippen molar-refractivity contribution in [3.8, 4) is 0 Å². The Balaban J connectivity index is 1.45. The van der Waals surface area contributed by atoms with Gasteiger partial charge >= 0.3 is 0 Å². The van der Waals surface area contributed by atoms with Gasteiger partial charge in [-0.05, 0) is 30.4 Å². The molecule has 3 aliphatic rings. The minimum atomic E-state index is -0.517. The molecule has 1 saturated carbocycles. The highest BCUT2D eigenvalue weighted by molar-refractivity contribution is 5.91. The Bertz CT molecular complexity index is 926. The van der Waals surface area contributed by atoms with Crippen molar-refractivity contribution in [1.29, 1.82) is 0 Å². The summed E-state index contributed by atoms with van der Waals surface area (Å²) in [5, 5.41) is 0. The Labute approximate surface area is 171 Å². The van der Waals surface area contributed by atoms with E-state index in [-0.39, 0.29) is 29.9 Å². The Morgan fingerprint density at radius 3 is 2.21 bits per heavy atom. The molecule has 2 heterocycles. The van der Waals surface area contributed by atoms with E-state index in [9.17, 15) is 9.59 Å². The first-order valence-electron chi connectivity index (χ1n) is 10.4. The smallest absolute Gasteiger partial charge is 0.249 e. The first-order chi connectivity index (χ1) is 14.1. The van der Waals surface area contributed by atoms with Crippen LogP contribution in [0.3, 0.4) is 0 Å². The summed E-state index contributed by atoms with van der Waals surface area (Å²) < 4.78 is 6.06. The van der Waals surface area contributed by atoms with E-state index in [4.69, 9.17) is 4.74 Å². The average molecular weight is 390 g/mol. The second-order valence-corrected chi connectivity index (χ2v) is 8.49. The van der Waals surface area contributed by atoms with Crippen molar-refractivity contribution >= 4 is 11.8 Å². The van der Waals surface area contributed by atoms with Gasteiger partial charge in [0.05, 0.1) is 11.0 Å². The topological polar surface area (TPSA) is 49.9 Å². The van der Waals surface area contributed by atoms with E-state index < -0.39 is 5.54 Å². The number of nitrogens with zero attached hydrogens (tertiary/aromatic N) is 2. The number of hydrogen-bond donors (Lipinski definition) is 0. The van der Waals surface area contributed by atoms with Gasteiger partial charge in [0.1, 0.15) is 12.7 Å². The van der Waals surface area contributed by atoms with Gasteiger partial charge in [-0.3, -0.25) is 9.59 Å². The molecule has 0 unspecified atom stereocenters. The van der Waals surface area contributed by atoms with Gasteiger partial charge in [0, 0.05) is 20.1 Å². The van der Waals surface area contributed by atoms with Crippen LogP contribution >= 0.6 is 0 Å². The fourth-order valence-electron chi connectivity index (χ4n) is 5.22. The van der Waals surface area contributed by atoms with E-state index in [1.807, 2.05) is 53.2 Å². The number of amides is 2. The van der Waals surface area contributed by atoms with Crippen LogP contribution in [0.2, 0.25) is 0 Å². The standard InChI is InChI=1S/C24H26N2O3/c1-25-21(27)17-29-20-16-26(15-14-24(20,25)19-10-6-3-7-11-19)22(28)23(12-13-23)18-8-4-2-5-9-18/h2-11,20H,12-17H2,1H3/t20-,24+/m1/s1. The summed E-state index contributed by atoms with van der Waals surface area (Å²) in [7, 11) is 1.87. The average Bonchev–Trinajstić information content (AvgIpc) is 3.59. The van der Waals surface area contributed by atoms with E-state index in [1.165, 1.54) is 0 Å². The highest BCUT2D eigenvalue weighted by Crippen LogP contribution is 2.51. The summed E-state index contributed by atoms with van der Waals surface area (Å²) in [6.07, 6.45) is 2.26. The lowest BCUT2D eigenvalue weighted by atomic mass is 9.76. The molecule has 2 amide bonds. The number of rotatable bonds is 3. The van der Waals surface area contributed by atoms with Crippen molar-refractivity contribution in [2.75, 3.05) is 26.7 Å². The number of piperidine rings is 1. The summed E-state index contributed by atoms with van der Waals surface area (Å²) in [5.74, 6) is 0.196. The second-order valence-electron chi connectivity index (χ2n) is 8.49. The maximum atomic E-state index is 13.5. The molecule has 3 fully saturated rings. The lowest BCUT2D eigenvalue weighted by Crippen LogP contribution is -2.67. The van der Waals surface area contributed by atoms with E-state index >= 15 is 0 Å². The van der Waals surface area contributed by atoms with Crippen LogP contribution < -0.4 is 0 Å². The molecule has 0 N–H and O–H groups in total. The van der Waals surface area contributed by atoms with Crippen LogP contribution in [0.5, 0.6) is 0 Å². The number of carbonyl (C=O) groups is 2. The SMILES string of the molecule is CN1C(=O)CO[C@@H]2CN(C(=O)C3(c4ccccc4)CC3)CC[C@]21c1ccccc1. The maximum Gasteiger partial charge on any atom is 0.249 e. The van der Waals surface area contributed by atoms with Crippen molar-refractivity contribution in [2.45, 2.75) is 36.3 Å². The van der Waals surface area contributed by atoms with Gasteiger partial charge in [-0.1, -0.05) is 60.7 Å². The molecule has 0 aromatic heterocycles. The van der Waals surface area contributed by atoms with Gasteiger partial charge in [-0.15, -0.1) is 0 Å². The summed E-state index contributed by atoms with van der Waals surface area (Å²) in [6.45, 7) is 1.21. The lowest BCUT2D eigenvalue weighted by molar-refractivity contribution is -0.185. The summed E-state index contributed by atoms with van der Waals surface area (Å²) in [6, 6.07) is 20.2. The van der Waals surface area contributed by atoms with Gasteiger partial charge in [-0.2, -0.15) is 0 Å². The molecule has 2 aromatic carbocycles. The Morgan fingerprint density at radius 1 is 0.966 bits per heavy atom. The van der Waals surface area contributed by atoms with Gasteiger partial charge in [0.15, 0.2) is 0 Å². The number of benzene rings is 2. The highest BCUT2D eigenvalue weighted by atomic mass is 16.5. The molecule has 29 heavy (non-hydrogen) atoms. The molecule has 2 aromatic rings. The summed E-state index contributed by atoms with van der Waals surface area (Å²) in [5.41, 5.74) is 1.31. The van der Waals surface area contributed by atoms with Crippen LogP contribution in [0, 0.1) is 0 Å². The number of hydrogen-bond acceptors (Lipinski definition) is 3. The molecule has 2 aliphatic heterocycles. The third-order valence-electron chi connectivity index (χ3n) is 7.11. The van der Waals surface area contributed by atoms with E-state index in [1.54, 1.807) is 0 Å². The van der Waals surface area contributed by atoms with Crippen molar-refractivity contribution in [3.63, 3.8) is 0 Å². The van der Waals surface area contributed by atoms with Crippen LogP contribution in [0.25, 0.3) is 0 Å². The molecule has 2 saturated heterocycles. The van der Waals surface area contributed by atoms with E-state index in [0.29, 0.717) is 19.5 Å². The van der Waals surface area contributed by atoms with E-state index in [0.717, 1.165) is 24.0 Å². The first kappa shape index (κ1) is 18.4. The predicted molar refractivity (Wildman–Crippen MR) is 109 cm³/mol. The molecule has 2 atom stereocenters. The molecule has 0 bridgehead atoms. The van der Waals surface area contributed by atoms with Gasteiger partial charge in [-0.25, -0.2) is 0 Å². The lowest BCUT2D eigenvalue weighted by Gasteiger charge is -2.55. The largest absolute Gasteiger partial charge is 0.364 e. The Morgan fingerprint density at radius 2 is 1.59 bits per heavy atom. The minimum Gasteiger partial charge on any atom is -0.364 e. The third kappa shape index (κ3) is 2.71. The second kappa shape index (κ2) is 6.70. The number of ether oxygens (including phenoxy) is 1. The summed E-state index contributed by atoms with van der Waals surface area (Å²) in [4.78, 5) is 29.9. The quantitative estimate of drug-likeness (QED) is 0.810. The zero-order valence-corrected chi connectivity index (χ0v) is 16.7. The normalized spacial score (nSPS) is 28.0. The summed E-state index contributed by atoms with van der Waals surface area (Å²) >= 11 is 0. The molecule has 5 nitrogen and oxygen atoms in total. The Hall–Kier alpha value is -2.66. The van der Waals surface area contributed by atoms with Crippen LogP contribution in [0.4, 0.5) is 0 Å². The fourth-order valence-corrected chi connectivity index (χ4v) is 5.22. The fraction of sp³-hybridized carbons (Fsp3) is 0.417. The molecule has 1 aliphatic carbocycles. The highest BCUT2D eigenvalue weighted by Gasteiger charge is 2.57. The molecular formula is C24H26N2O3. The van der Waals surface area contributed by atoms with Crippen molar-refractivity contribution in [3.05, 3.63) is 71.8 Å². The number of morpholine rings is 1. The minimum absolute atomic E-state index is 0.00664. The molecule has 0 radical (unpaired) electrons. The zero-order valence-electron chi connectivity index (χ0n) is 16.7. The monoisotopic (exact) mass is 390 g/mol. The predicted octanol–water partition coefficient (Wildman–Crippen LogP) is 2.70. The van der Waals surface area contributed by atoms with Gasteiger partial charge < -0.3 is 14.5 Å². The number of likely N-dealkylation sites (N-methyl/N-ethyl adjacent to an activating group) is 1. The van der Waals surface area contributed by atoms with Crippen LogP contribution in [0.15, 0.2) is 60.7 Å². The van der Waals surface area contributed by atoms with Crippen molar-refractivity contribution < 1.29 is 14.3 Å². The van der Waals surface area contributed by atoms with Crippen molar-refractivity contribution in [2.24, 2.45) is 0 Å². The zero-order chi connectivity index (χ0) is 20.1. The van der Waals surface area contributed by atoms with Gasteiger partial charge in [0.25, 0.3) is 0 Å². The number of fused-ring (bicyclic) bond motifs is 1. The van der Waals surface area contributed by atoms with E-state index in [2.05, 4.69) is 24.3 Å². The van der Waals surface area contributed by atoms with Crippen LogP contribution in [-0.4, -0.2) is 54.5 Å². The van der Waals surface area contributed by atoms with Crippen LogP contribution in [-0.2, 0) is 25.3 Å². The number of carbonyl (C=O) groups excluding carboxylic acids is 2. The maximum absolute atomic E-state index is 13.5. The molecule has 5 heteroatoms. The third-order valence-corrected chi connectivity index (χ3v) is 7.11.